The third kappa shape index (κ3) is 3.66. The molecule has 2 spiro atoms. The molecule has 306 valence electrons. The lowest BCUT2D eigenvalue weighted by molar-refractivity contribution is -0.168. The minimum absolute atomic E-state index is 0.0607. The van der Waals surface area contributed by atoms with E-state index in [9.17, 15) is 19.8 Å². The van der Waals surface area contributed by atoms with E-state index in [0.717, 1.165) is 54.1 Å². The third-order valence-electron chi connectivity index (χ3n) is 16.9. The second kappa shape index (κ2) is 11.2. The highest BCUT2D eigenvalue weighted by Gasteiger charge is 2.76. The molecule has 0 bridgehead atoms. The molecule has 0 saturated carbocycles. The number of aromatic hydroxyl groups is 1. The number of phenols is 1. The smallest absolute Gasteiger partial charge is 0.335 e. The average molecular weight is 795 g/mol. The summed E-state index contributed by atoms with van der Waals surface area (Å²) in [7, 11) is 5.89. The summed E-state index contributed by atoms with van der Waals surface area (Å²) in [6, 6.07) is 5.72. The lowest BCUT2D eigenvalue weighted by atomic mass is 9.51. The molecule has 2 aromatic carbocycles. The molecule has 9 unspecified atom stereocenters. The highest BCUT2D eigenvalue weighted by atomic mass is 16.6. The molecule has 8 heterocycles. The van der Waals surface area contributed by atoms with Crippen LogP contribution in [0.1, 0.15) is 75.1 Å². The molecular formula is C44H50N4O10. The van der Waals surface area contributed by atoms with Crippen LogP contribution in [0.25, 0.3) is 0 Å². The second-order valence-corrected chi connectivity index (χ2v) is 18.3. The standard InChI is InChI=1S/C44H50N4O10/c1-7-41-16-20(37(51)55-5)34-44(23-14-25(49)30(53-3)31(54-4)28(23)46-34)10-12-48(40(41)44)29-19-13-22-24(15-26(19)57-32(29)35(41)50)45-33-21(38(52)56-6)17-42(8-2)36-27(58-36)18-47-11-9-43(22,33)39(42)47/h13-15,27,29,32,35-36,39-40,45-46,49-50H,7-12,16-18H2,1-6H3/t27?,29?,32?,35?,36?,39?,40?,41-,42-,43?,44?/m1/s1. The number of aliphatic hydroxyl groups is 1. The Morgan fingerprint density at radius 2 is 1.53 bits per heavy atom. The van der Waals surface area contributed by atoms with Crippen LogP contribution in [0.15, 0.2) is 40.7 Å². The molecule has 5 fully saturated rings. The Hall–Kier alpha value is -4.50. The van der Waals surface area contributed by atoms with Gasteiger partial charge in [0.05, 0.1) is 74.4 Å². The van der Waals surface area contributed by atoms with E-state index in [1.807, 2.05) is 0 Å². The van der Waals surface area contributed by atoms with E-state index >= 15 is 0 Å². The van der Waals surface area contributed by atoms with E-state index in [1.165, 1.54) is 26.9 Å². The van der Waals surface area contributed by atoms with Crippen LogP contribution in [0.2, 0.25) is 0 Å². The molecule has 10 aliphatic rings. The summed E-state index contributed by atoms with van der Waals surface area (Å²) in [4.78, 5) is 32.8. The number of epoxide rings is 1. The van der Waals surface area contributed by atoms with Gasteiger partial charge in [0.15, 0.2) is 11.5 Å². The lowest BCUT2D eigenvalue weighted by Gasteiger charge is -2.60. The molecule has 2 aliphatic carbocycles. The largest absolute Gasteiger partial charge is 0.504 e. The fourth-order valence-electron chi connectivity index (χ4n) is 14.9. The number of nitrogens with one attached hydrogen (secondary N) is 2. The van der Waals surface area contributed by atoms with Gasteiger partial charge in [-0.05, 0) is 68.3 Å². The first-order valence-corrected chi connectivity index (χ1v) is 20.9. The summed E-state index contributed by atoms with van der Waals surface area (Å²) in [5.74, 6) is 0.458. The van der Waals surface area contributed by atoms with Crippen molar-refractivity contribution in [3.05, 3.63) is 57.4 Å². The van der Waals surface area contributed by atoms with Gasteiger partial charge in [-0.1, -0.05) is 13.8 Å². The number of rotatable bonds is 6. The van der Waals surface area contributed by atoms with Crippen LogP contribution < -0.4 is 24.8 Å². The molecule has 11 atom stereocenters. The molecule has 2 aromatic rings. The first-order chi connectivity index (χ1) is 28.0. The van der Waals surface area contributed by atoms with Crippen LogP contribution in [0.4, 0.5) is 11.4 Å². The van der Waals surface area contributed by atoms with Crippen LogP contribution in [-0.2, 0) is 34.6 Å². The number of ether oxygens (including phenoxy) is 6. The van der Waals surface area contributed by atoms with Crippen LogP contribution >= 0.6 is 0 Å². The average Bonchev–Trinajstić information content (AvgIpc) is 3.57. The van der Waals surface area contributed by atoms with E-state index in [2.05, 4.69) is 46.4 Å². The molecule has 0 radical (unpaired) electrons. The van der Waals surface area contributed by atoms with E-state index in [1.54, 1.807) is 13.2 Å². The zero-order chi connectivity index (χ0) is 40.0. The van der Waals surface area contributed by atoms with Crippen molar-refractivity contribution in [3.8, 4) is 23.0 Å². The number of hydrogen-bond donors (Lipinski definition) is 4. The number of benzene rings is 2. The van der Waals surface area contributed by atoms with Crippen molar-refractivity contribution in [2.45, 2.75) is 106 Å². The molecule has 0 aromatic heterocycles. The Balaban J connectivity index is 1.05. The molecule has 14 heteroatoms. The highest BCUT2D eigenvalue weighted by molar-refractivity contribution is 5.95. The summed E-state index contributed by atoms with van der Waals surface area (Å²) in [6.45, 7) is 6.76. The van der Waals surface area contributed by atoms with E-state index in [0.29, 0.717) is 54.1 Å². The van der Waals surface area contributed by atoms with Crippen molar-refractivity contribution in [1.29, 1.82) is 0 Å². The number of piperidine rings is 2. The van der Waals surface area contributed by atoms with Gasteiger partial charge < -0.3 is 49.3 Å². The zero-order valence-electron chi connectivity index (χ0n) is 33.7. The van der Waals surface area contributed by atoms with Gasteiger partial charge in [-0.25, -0.2) is 9.59 Å². The number of aliphatic hydroxyl groups excluding tert-OH is 1. The number of carbonyl (C=O) groups is 2. The van der Waals surface area contributed by atoms with Gasteiger partial charge >= 0.3 is 11.9 Å². The van der Waals surface area contributed by atoms with Crippen LogP contribution in [0, 0.1) is 10.8 Å². The van der Waals surface area contributed by atoms with Gasteiger partial charge in [0.25, 0.3) is 0 Å². The molecular weight excluding hydrogens is 745 g/mol. The number of carbonyl (C=O) groups excluding carboxylic acids is 2. The SMILES string of the molecule is CC[C@@]12CC(C(=O)OC)=C3Nc4cc5c(cc4C34CCN(CC3OC31)C42)C1C(O5)C(O)[C@@]2(CC)CC(C(=O)OC)=C3Nc4c(cc(O)c(OC)c4OC)C34CCN1C42. The normalized spacial score (nSPS) is 40.0. The van der Waals surface area contributed by atoms with Gasteiger partial charge in [0, 0.05) is 64.7 Å². The van der Waals surface area contributed by atoms with Crippen LogP contribution in [0.5, 0.6) is 23.0 Å². The monoisotopic (exact) mass is 794 g/mol. The molecule has 58 heavy (non-hydrogen) atoms. The molecule has 14 nitrogen and oxygen atoms in total. The molecule has 12 rings (SSSR count). The topological polar surface area (TPSA) is 164 Å². The minimum Gasteiger partial charge on any atom is -0.504 e. The van der Waals surface area contributed by atoms with Crippen molar-refractivity contribution in [1.82, 2.24) is 9.80 Å². The Bertz CT molecular complexity index is 2350. The fourth-order valence-corrected chi connectivity index (χ4v) is 14.9. The Kier molecular flexibility index (Phi) is 6.84. The van der Waals surface area contributed by atoms with E-state index in [4.69, 9.17) is 28.4 Å². The van der Waals surface area contributed by atoms with Crippen LogP contribution in [0.3, 0.4) is 0 Å². The van der Waals surface area contributed by atoms with E-state index < -0.39 is 34.4 Å². The summed E-state index contributed by atoms with van der Waals surface area (Å²) in [6.07, 6.45) is 2.52. The summed E-state index contributed by atoms with van der Waals surface area (Å²) in [5, 5.41) is 31.8. The molecule has 8 aliphatic heterocycles. The van der Waals surface area contributed by atoms with Crippen molar-refractivity contribution >= 4 is 23.3 Å². The predicted molar refractivity (Wildman–Crippen MR) is 208 cm³/mol. The fraction of sp³-hybridized carbons (Fsp3) is 0.591. The number of fused-ring (bicyclic) bond motifs is 8. The Labute approximate surface area is 336 Å². The van der Waals surface area contributed by atoms with Crippen LogP contribution in [-0.4, -0.2) is 117 Å². The molecule has 0 amide bonds. The summed E-state index contributed by atoms with van der Waals surface area (Å²) < 4.78 is 35.8. The summed E-state index contributed by atoms with van der Waals surface area (Å²) in [5.41, 5.74) is 5.09. The quantitative estimate of drug-likeness (QED) is 0.189. The maximum Gasteiger partial charge on any atom is 0.335 e. The van der Waals surface area contributed by atoms with Gasteiger partial charge in [-0.2, -0.15) is 0 Å². The summed E-state index contributed by atoms with van der Waals surface area (Å²) >= 11 is 0. The molecule has 5 saturated heterocycles. The van der Waals surface area contributed by atoms with Gasteiger partial charge in [-0.15, -0.1) is 0 Å². The number of hydrogen-bond acceptors (Lipinski definition) is 14. The molecule has 4 N–H and O–H groups in total. The third-order valence-corrected chi connectivity index (χ3v) is 16.9. The lowest BCUT2D eigenvalue weighted by Crippen LogP contribution is -2.69. The van der Waals surface area contributed by atoms with Gasteiger partial charge in [0.2, 0.25) is 5.75 Å². The number of esters is 2. The number of methoxy groups -OCH3 is 4. The van der Waals surface area contributed by atoms with Crippen molar-refractivity contribution in [2.24, 2.45) is 10.8 Å². The number of nitrogens with zero attached hydrogens (tertiary/aromatic N) is 2. The Morgan fingerprint density at radius 3 is 2.22 bits per heavy atom. The zero-order valence-corrected chi connectivity index (χ0v) is 33.7. The van der Waals surface area contributed by atoms with Crippen molar-refractivity contribution in [2.75, 3.05) is 58.7 Å². The maximum absolute atomic E-state index is 13.9. The van der Waals surface area contributed by atoms with Gasteiger partial charge in [-0.3, -0.25) is 9.80 Å². The second-order valence-electron chi connectivity index (χ2n) is 18.3. The number of anilines is 2. The van der Waals surface area contributed by atoms with Crippen molar-refractivity contribution < 1.29 is 48.2 Å². The Morgan fingerprint density at radius 1 is 0.862 bits per heavy atom. The first kappa shape index (κ1) is 35.4. The van der Waals surface area contributed by atoms with E-state index in [-0.39, 0.29) is 59.6 Å². The highest BCUT2D eigenvalue weighted by Crippen LogP contribution is 2.73. The first-order valence-electron chi connectivity index (χ1n) is 20.9. The predicted octanol–water partition coefficient (Wildman–Crippen LogP) is 4.00. The van der Waals surface area contributed by atoms with Crippen molar-refractivity contribution in [3.63, 3.8) is 0 Å². The maximum atomic E-state index is 13.9. The number of phenolic OH excluding ortho intramolecular Hbond substituents is 1. The van der Waals surface area contributed by atoms with Gasteiger partial charge in [0.1, 0.15) is 18.0 Å². The minimum atomic E-state index is -0.959.